The van der Waals surface area contributed by atoms with Gasteiger partial charge in [-0.1, -0.05) is 0 Å². The lowest BCUT2D eigenvalue weighted by Crippen LogP contribution is -2.40. The summed E-state index contributed by atoms with van der Waals surface area (Å²) in [6, 6.07) is 2.32. The largest absolute Gasteiger partial charge is 0.379 e. The van der Waals surface area contributed by atoms with Crippen molar-refractivity contribution in [1.29, 1.82) is 0 Å². The van der Waals surface area contributed by atoms with Crippen LogP contribution in [-0.4, -0.2) is 60.8 Å². The van der Waals surface area contributed by atoms with E-state index in [1.165, 1.54) is 45.2 Å². The average Bonchev–Trinajstić information content (AvgIpc) is 3.33. The lowest BCUT2D eigenvalue weighted by Gasteiger charge is -2.37. The maximum absolute atomic E-state index is 6.04. The zero-order valence-electron chi connectivity index (χ0n) is 14.2. The molecule has 1 aromatic rings. The van der Waals surface area contributed by atoms with E-state index >= 15 is 0 Å². The molecule has 1 aromatic heterocycles. The second-order valence-electron chi connectivity index (χ2n) is 7.82. The molecule has 0 amide bonds. The molecule has 2 aliphatic heterocycles. The fourth-order valence-corrected chi connectivity index (χ4v) is 4.10. The Hall–Kier alpha value is -1.20. The van der Waals surface area contributed by atoms with Crippen molar-refractivity contribution in [2.75, 3.05) is 44.8 Å². The van der Waals surface area contributed by atoms with Crippen molar-refractivity contribution in [2.24, 2.45) is 11.3 Å². The highest BCUT2D eigenvalue weighted by molar-refractivity contribution is 5.35. The molecule has 1 spiro atoms. The summed E-state index contributed by atoms with van der Waals surface area (Å²) >= 11 is 0. The van der Waals surface area contributed by atoms with Crippen LogP contribution in [0.5, 0.6) is 0 Å². The Morgan fingerprint density at radius 1 is 1.17 bits per heavy atom. The Bertz CT molecular complexity index is 511. The Morgan fingerprint density at radius 2 is 1.91 bits per heavy atom. The summed E-state index contributed by atoms with van der Waals surface area (Å²) < 4.78 is 6.04. The summed E-state index contributed by atoms with van der Waals surface area (Å²) in [5.41, 5.74) is 0.430. The smallest absolute Gasteiger partial charge is 0.225 e. The minimum absolute atomic E-state index is 0.430. The number of hydrogen-bond donors (Lipinski definition) is 0. The first-order valence-electron chi connectivity index (χ1n) is 9.04. The molecule has 0 N–H and O–H groups in total. The van der Waals surface area contributed by atoms with Crippen LogP contribution in [0.1, 0.15) is 32.1 Å². The molecule has 2 saturated heterocycles. The van der Waals surface area contributed by atoms with E-state index in [0.29, 0.717) is 11.5 Å². The van der Waals surface area contributed by atoms with E-state index < -0.39 is 0 Å². The van der Waals surface area contributed by atoms with E-state index in [0.717, 1.165) is 31.6 Å². The SMILES string of the molecule is CN1CCC2(CC1)C[C@H](COCC1CC1)N(c1ncccn1)C2. The first-order chi connectivity index (χ1) is 11.2. The average molecular weight is 316 g/mol. The Balaban J connectivity index is 1.46. The predicted molar refractivity (Wildman–Crippen MR) is 90.5 cm³/mol. The van der Waals surface area contributed by atoms with Crippen molar-refractivity contribution in [1.82, 2.24) is 14.9 Å². The molecule has 0 aromatic carbocycles. The van der Waals surface area contributed by atoms with Crippen molar-refractivity contribution >= 4 is 5.95 Å². The predicted octanol–water partition coefficient (Wildman–Crippen LogP) is 2.19. The zero-order chi connectivity index (χ0) is 15.7. The van der Waals surface area contributed by atoms with Crippen molar-refractivity contribution in [3.8, 4) is 0 Å². The number of anilines is 1. The number of hydrogen-bond acceptors (Lipinski definition) is 5. The molecule has 5 heteroatoms. The summed E-state index contributed by atoms with van der Waals surface area (Å²) in [5, 5.41) is 0. The number of piperidine rings is 1. The van der Waals surface area contributed by atoms with Crippen molar-refractivity contribution in [2.45, 2.75) is 38.1 Å². The third-order valence-electron chi connectivity index (χ3n) is 5.83. The molecule has 126 valence electrons. The van der Waals surface area contributed by atoms with Gasteiger partial charge in [0.1, 0.15) is 0 Å². The molecular weight excluding hydrogens is 288 g/mol. The minimum atomic E-state index is 0.430. The first-order valence-corrected chi connectivity index (χ1v) is 9.04. The van der Waals surface area contributed by atoms with Gasteiger partial charge in [0.05, 0.1) is 12.6 Å². The molecule has 1 atom stereocenters. The van der Waals surface area contributed by atoms with Crippen LogP contribution in [0.15, 0.2) is 18.5 Å². The monoisotopic (exact) mass is 316 g/mol. The van der Waals surface area contributed by atoms with E-state index in [2.05, 4.69) is 26.8 Å². The van der Waals surface area contributed by atoms with Gasteiger partial charge in [-0.05, 0) is 69.6 Å². The Kier molecular flexibility index (Phi) is 4.24. The molecule has 3 fully saturated rings. The van der Waals surface area contributed by atoms with Crippen LogP contribution in [0, 0.1) is 11.3 Å². The second-order valence-corrected chi connectivity index (χ2v) is 7.82. The van der Waals surface area contributed by atoms with Gasteiger partial charge in [-0.15, -0.1) is 0 Å². The normalized spacial score (nSPS) is 27.7. The third kappa shape index (κ3) is 3.50. The fraction of sp³-hybridized carbons (Fsp3) is 0.778. The van der Waals surface area contributed by atoms with Gasteiger partial charge in [-0.25, -0.2) is 9.97 Å². The molecule has 3 heterocycles. The number of ether oxygens (including phenoxy) is 1. The zero-order valence-corrected chi connectivity index (χ0v) is 14.2. The van der Waals surface area contributed by atoms with Crippen molar-refractivity contribution in [3.05, 3.63) is 18.5 Å². The highest BCUT2D eigenvalue weighted by Crippen LogP contribution is 2.44. The van der Waals surface area contributed by atoms with Crippen LogP contribution < -0.4 is 4.90 Å². The number of rotatable bonds is 5. The van der Waals surface area contributed by atoms with Gasteiger partial charge in [0.25, 0.3) is 0 Å². The summed E-state index contributed by atoms with van der Waals surface area (Å²) in [5.74, 6) is 1.71. The second kappa shape index (κ2) is 6.36. The maximum atomic E-state index is 6.04. The summed E-state index contributed by atoms with van der Waals surface area (Å²) in [7, 11) is 2.23. The molecule has 1 saturated carbocycles. The van der Waals surface area contributed by atoms with Gasteiger partial charge in [0.2, 0.25) is 5.95 Å². The van der Waals surface area contributed by atoms with Gasteiger partial charge in [-0.3, -0.25) is 0 Å². The van der Waals surface area contributed by atoms with Crippen LogP contribution >= 0.6 is 0 Å². The number of nitrogens with zero attached hydrogens (tertiary/aromatic N) is 4. The van der Waals surface area contributed by atoms with Crippen LogP contribution in [0.2, 0.25) is 0 Å². The van der Waals surface area contributed by atoms with Gasteiger partial charge < -0.3 is 14.5 Å². The molecular formula is C18H28N4O. The van der Waals surface area contributed by atoms with E-state index in [-0.39, 0.29) is 0 Å². The third-order valence-corrected chi connectivity index (χ3v) is 5.83. The summed E-state index contributed by atoms with van der Waals surface area (Å²) in [4.78, 5) is 13.9. The van der Waals surface area contributed by atoms with Crippen LogP contribution in [-0.2, 0) is 4.74 Å². The molecule has 0 radical (unpaired) electrons. The molecule has 3 aliphatic rings. The molecule has 0 unspecified atom stereocenters. The summed E-state index contributed by atoms with van der Waals surface area (Å²) in [6.45, 7) is 5.27. The lowest BCUT2D eigenvalue weighted by molar-refractivity contribution is 0.0981. The summed E-state index contributed by atoms with van der Waals surface area (Å²) in [6.07, 6.45) is 10.2. The standard InChI is InChI=1S/C18H28N4O/c1-21-9-5-18(6-10-21)11-16(13-23-12-15-3-4-15)22(14-18)17-19-7-2-8-20-17/h2,7-8,15-16H,3-6,9-14H2,1H3/t16-/m1/s1. The van der Waals surface area contributed by atoms with E-state index in [1.807, 2.05) is 18.5 Å². The fourth-order valence-electron chi connectivity index (χ4n) is 4.10. The van der Waals surface area contributed by atoms with Gasteiger partial charge in [0, 0.05) is 25.5 Å². The van der Waals surface area contributed by atoms with Crippen LogP contribution in [0.3, 0.4) is 0 Å². The molecule has 23 heavy (non-hydrogen) atoms. The minimum Gasteiger partial charge on any atom is -0.379 e. The van der Waals surface area contributed by atoms with E-state index in [1.54, 1.807) is 0 Å². The van der Waals surface area contributed by atoms with E-state index in [9.17, 15) is 0 Å². The highest BCUT2D eigenvalue weighted by atomic mass is 16.5. The van der Waals surface area contributed by atoms with Gasteiger partial charge in [0.15, 0.2) is 0 Å². The first kappa shape index (κ1) is 15.3. The quantitative estimate of drug-likeness (QED) is 0.833. The molecule has 4 rings (SSSR count). The molecule has 1 aliphatic carbocycles. The van der Waals surface area contributed by atoms with Gasteiger partial charge >= 0.3 is 0 Å². The molecule has 5 nitrogen and oxygen atoms in total. The number of aromatic nitrogens is 2. The van der Waals surface area contributed by atoms with Crippen LogP contribution in [0.4, 0.5) is 5.95 Å². The molecule has 0 bridgehead atoms. The maximum Gasteiger partial charge on any atom is 0.225 e. The topological polar surface area (TPSA) is 41.5 Å². The van der Waals surface area contributed by atoms with E-state index in [4.69, 9.17) is 4.74 Å². The number of likely N-dealkylation sites (tertiary alicyclic amines) is 1. The van der Waals surface area contributed by atoms with Crippen LogP contribution in [0.25, 0.3) is 0 Å². The lowest BCUT2D eigenvalue weighted by atomic mass is 9.77. The van der Waals surface area contributed by atoms with Crippen molar-refractivity contribution < 1.29 is 4.74 Å². The Morgan fingerprint density at radius 3 is 2.61 bits per heavy atom. The highest BCUT2D eigenvalue weighted by Gasteiger charge is 2.46. The Labute approximate surface area is 139 Å². The van der Waals surface area contributed by atoms with Crippen molar-refractivity contribution in [3.63, 3.8) is 0 Å². The van der Waals surface area contributed by atoms with Gasteiger partial charge in [-0.2, -0.15) is 0 Å².